The predicted molar refractivity (Wildman–Crippen MR) is 81.1 cm³/mol. The highest BCUT2D eigenvalue weighted by atomic mass is 35.5. The van der Waals surface area contributed by atoms with Crippen molar-refractivity contribution in [3.8, 4) is 11.4 Å². The molecule has 0 fully saturated rings. The number of hydrogen-bond donors (Lipinski definition) is 1. The quantitative estimate of drug-likeness (QED) is 0.855. The Balaban J connectivity index is 2.36. The van der Waals surface area contributed by atoms with Crippen LogP contribution in [0.3, 0.4) is 0 Å². The summed E-state index contributed by atoms with van der Waals surface area (Å²) in [4.78, 5) is 10.8. The molecule has 0 unspecified atom stereocenters. The summed E-state index contributed by atoms with van der Waals surface area (Å²) in [7, 11) is 0. The van der Waals surface area contributed by atoms with E-state index in [1.165, 1.54) is 11.8 Å². The largest absolute Gasteiger partial charge is 0.369 e. The molecule has 2 rings (SSSR count). The number of rotatable bonds is 5. The highest BCUT2D eigenvalue weighted by molar-refractivity contribution is 7.99. The SMILES string of the molecule is CCn1c(SCC(N)=O)nnc1-c1ccc(Cl)c(Cl)c1. The van der Waals surface area contributed by atoms with E-state index >= 15 is 0 Å². The summed E-state index contributed by atoms with van der Waals surface area (Å²) in [5, 5.41) is 9.82. The van der Waals surface area contributed by atoms with Crippen molar-refractivity contribution >= 4 is 40.9 Å². The molecule has 0 atom stereocenters. The number of amides is 1. The van der Waals surface area contributed by atoms with E-state index in [1.54, 1.807) is 12.1 Å². The van der Waals surface area contributed by atoms with Gasteiger partial charge >= 0.3 is 0 Å². The van der Waals surface area contributed by atoms with Crippen LogP contribution < -0.4 is 5.73 Å². The fraction of sp³-hybridized carbons (Fsp3) is 0.250. The van der Waals surface area contributed by atoms with E-state index in [9.17, 15) is 4.79 Å². The summed E-state index contributed by atoms with van der Waals surface area (Å²) in [6.07, 6.45) is 0. The van der Waals surface area contributed by atoms with Crippen molar-refractivity contribution in [2.45, 2.75) is 18.6 Å². The minimum atomic E-state index is -0.392. The average Bonchev–Trinajstić information content (AvgIpc) is 2.82. The number of thioether (sulfide) groups is 1. The minimum absolute atomic E-state index is 0.166. The monoisotopic (exact) mass is 330 g/mol. The first-order valence-electron chi connectivity index (χ1n) is 5.82. The highest BCUT2D eigenvalue weighted by Gasteiger charge is 2.14. The van der Waals surface area contributed by atoms with Gasteiger partial charge in [0.2, 0.25) is 5.91 Å². The molecular weight excluding hydrogens is 319 g/mol. The molecule has 1 heterocycles. The Morgan fingerprint density at radius 1 is 1.35 bits per heavy atom. The normalized spacial score (nSPS) is 10.8. The van der Waals surface area contributed by atoms with E-state index < -0.39 is 5.91 Å². The molecule has 2 aromatic rings. The molecule has 0 saturated heterocycles. The van der Waals surface area contributed by atoms with Crippen molar-refractivity contribution in [1.29, 1.82) is 0 Å². The van der Waals surface area contributed by atoms with Gasteiger partial charge in [-0.15, -0.1) is 10.2 Å². The molecule has 20 heavy (non-hydrogen) atoms. The zero-order chi connectivity index (χ0) is 14.7. The summed E-state index contributed by atoms with van der Waals surface area (Å²) < 4.78 is 1.90. The van der Waals surface area contributed by atoms with E-state index in [2.05, 4.69) is 10.2 Å². The van der Waals surface area contributed by atoms with E-state index in [-0.39, 0.29) is 5.75 Å². The second-order valence-corrected chi connectivity index (χ2v) is 5.69. The van der Waals surface area contributed by atoms with Crippen LogP contribution in [0, 0.1) is 0 Å². The van der Waals surface area contributed by atoms with E-state index in [4.69, 9.17) is 28.9 Å². The van der Waals surface area contributed by atoms with Crippen LogP contribution in [0.4, 0.5) is 0 Å². The van der Waals surface area contributed by atoms with Gasteiger partial charge in [0.05, 0.1) is 15.8 Å². The first-order chi connectivity index (χ1) is 9.52. The second kappa shape index (κ2) is 6.47. The molecule has 1 aromatic heterocycles. The third-order valence-corrected chi connectivity index (χ3v) is 4.28. The number of aromatic nitrogens is 3. The molecule has 1 aromatic carbocycles. The Hall–Kier alpha value is -1.24. The van der Waals surface area contributed by atoms with Gasteiger partial charge in [0, 0.05) is 12.1 Å². The van der Waals surface area contributed by atoms with Crippen LogP contribution in [0.1, 0.15) is 6.92 Å². The minimum Gasteiger partial charge on any atom is -0.369 e. The lowest BCUT2D eigenvalue weighted by Crippen LogP contribution is -2.13. The van der Waals surface area contributed by atoms with Gasteiger partial charge in [0.25, 0.3) is 0 Å². The van der Waals surface area contributed by atoms with Crippen LogP contribution in [0.5, 0.6) is 0 Å². The highest BCUT2D eigenvalue weighted by Crippen LogP contribution is 2.29. The van der Waals surface area contributed by atoms with Crippen LogP contribution in [-0.2, 0) is 11.3 Å². The molecular formula is C12H12Cl2N4OS. The topological polar surface area (TPSA) is 73.8 Å². The Kier molecular flexibility index (Phi) is 4.91. The molecule has 2 N–H and O–H groups in total. The van der Waals surface area contributed by atoms with Crippen LogP contribution in [-0.4, -0.2) is 26.4 Å². The lowest BCUT2D eigenvalue weighted by molar-refractivity contribution is -0.115. The molecule has 0 aliphatic rings. The maximum atomic E-state index is 10.8. The van der Waals surface area contributed by atoms with Crippen molar-refractivity contribution < 1.29 is 4.79 Å². The van der Waals surface area contributed by atoms with Gasteiger partial charge in [-0.3, -0.25) is 4.79 Å². The van der Waals surface area contributed by atoms with E-state index in [0.29, 0.717) is 27.6 Å². The molecule has 1 amide bonds. The van der Waals surface area contributed by atoms with Crippen molar-refractivity contribution in [3.63, 3.8) is 0 Å². The van der Waals surface area contributed by atoms with Crippen LogP contribution in [0.25, 0.3) is 11.4 Å². The summed E-state index contributed by atoms with van der Waals surface area (Å²) in [6, 6.07) is 5.28. The van der Waals surface area contributed by atoms with Gasteiger partial charge in [-0.2, -0.15) is 0 Å². The first kappa shape index (κ1) is 15.2. The Morgan fingerprint density at radius 3 is 2.70 bits per heavy atom. The number of benzene rings is 1. The molecule has 8 heteroatoms. The number of primary amides is 1. The number of nitrogens with two attached hydrogens (primary N) is 1. The van der Waals surface area contributed by atoms with E-state index in [0.717, 1.165) is 5.56 Å². The van der Waals surface area contributed by atoms with Gasteiger partial charge in [-0.25, -0.2) is 0 Å². The molecule has 106 valence electrons. The fourth-order valence-corrected chi connectivity index (χ4v) is 2.70. The van der Waals surface area contributed by atoms with Gasteiger partial charge in [0.1, 0.15) is 0 Å². The Labute approximate surface area is 130 Å². The maximum Gasteiger partial charge on any atom is 0.227 e. The summed E-state index contributed by atoms with van der Waals surface area (Å²) in [6.45, 7) is 2.64. The lowest BCUT2D eigenvalue weighted by Gasteiger charge is -2.07. The van der Waals surface area contributed by atoms with E-state index in [1.807, 2.05) is 17.6 Å². The average molecular weight is 331 g/mol. The Morgan fingerprint density at radius 2 is 2.10 bits per heavy atom. The molecule has 0 spiro atoms. The molecule has 0 aliphatic heterocycles. The summed E-state index contributed by atoms with van der Waals surface area (Å²) in [5.74, 6) is 0.453. The molecule has 0 radical (unpaired) electrons. The van der Waals surface area contributed by atoms with Crippen LogP contribution in [0.2, 0.25) is 10.0 Å². The number of halogens is 2. The predicted octanol–water partition coefficient (Wildman–Crippen LogP) is 2.85. The fourth-order valence-electron chi connectivity index (χ4n) is 1.66. The van der Waals surface area contributed by atoms with Gasteiger partial charge in [-0.1, -0.05) is 35.0 Å². The molecule has 5 nitrogen and oxygen atoms in total. The molecule has 0 aliphatic carbocycles. The smallest absolute Gasteiger partial charge is 0.227 e. The van der Waals surface area contributed by atoms with Crippen molar-refractivity contribution in [2.24, 2.45) is 5.73 Å². The summed E-state index contributed by atoms with van der Waals surface area (Å²) >= 11 is 13.2. The van der Waals surface area contributed by atoms with Gasteiger partial charge in [-0.05, 0) is 25.1 Å². The zero-order valence-electron chi connectivity index (χ0n) is 10.6. The van der Waals surface area contributed by atoms with Crippen molar-refractivity contribution in [1.82, 2.24) is 14.8 Å². The molecule has 0 saturated carbocycles. The number of hydrogen-bond acceptors (Lipinski definition) is 4. The van der Waals surface area contributed by atoms with Gasteiger partial charge in [0.15, 0.2) is 11.0 Å². The standard InChI is InChI=1S/C12H12Cl2N4OS/c1-2-18-11(7-3-4-8(13)9(14)5-7)16-17-12(18)20-6-10(15)19/h3-5H,2,6H2,1H3,(H2,15,19). The van der Waals surface area contributed by atoms with Crippen molar-refractivity contribution in [2.75, 3.05) is 5.75 Å². The number of carbonyl (C=O) groups is 1. The maximum absolute atomic E-state index is 10.8. The van der Waals surface area contributed by atoms with Gasteiger partial charge < -0.3 is 10.3 Å². The Bertz CT molecular complexity index is 644. The lowest BCUT2D eigenvalue weighted by atomic mass is 10.2. The van der Waals surface area contributed by atoms with Crippen LogP contribution >= 0.6 is 35.0 Å². The summed E-state index contributed by atoms with van der Waals surface area (Å²) in [5.41, 5.74) is 5.96. The van der Waals surface area contributed by atoms with Crippen LogP contribution in [0.15, 0.2) is 23.4 Å². The second-order valence-electron chi connectivity index (χ2n) is 3.93. The third kappa shape index (κ3) is 3.26. The number of nitrogens with zero attached hydrogens (tertiary/aromatic N) is 3. The first-order valence-corrected chi connectivity index (χ1v) is 7.56. The third-order valence-electron chi connectivity index (χ3n) is 2.55. The molecule has 0 bridgehead atoms. The zero-order valence-corrected chi connectivity index (χ0v) is 13.0. The van der Waals surface area contributed by atoms with Crippen molar-refractivity contribution in [3.05, 3.63) is 28.2 Å². The number of carbonyl (C=O) groups excluding carboxylic acids is 1.